The van der Waals surface area contributed by atoms with Gasteiger partial charge in [0.25, 0.3) is 5.79 Å². The van der Waals surface area contributed by atoms with Crippen molar-refractivity contribution in [2.24, 2.45) is 23.7 Å². The van der Waals surface area contributed by atoms with Crippen LogP contribution in [0.4, 0.5) is 0 Å². The Morgan fingerprint density at radius 3 is 1.75 bits per heavy atom. The number of carbonyl (C=O) groups excluding carboxylic acids is 1. The summed E-state index contributed by atoms with van der Waals surface area (Å²) in [6.45, 7) is 4.13. The van der Waals surface area contributed by atoms with E-state index in [0.717, 1.165) is 70.8 Å². The quantitative estimate of drug-likeness (QED) is 0.258. The summed E-state index contributed by atoms with van der Waals surface area (Å²) in [5, 5.41) is 0. The van der Waals surface area contributed by atoms with Crippen LogP contribution in [-0.2, 0) is 14.3 Å². The van der Waals surface area contributed by atoms with E-state index in [0.29, 0.717) is 22.7 Å². The molecule has 0 radical (unpaired) electrons. The molecule has 3 aromatic carbocycles. The van der Waals surface area contributed by atoms with Crippen molar-refractivity contribution in [2.45, 2.75) is 51.7 Å². The molecule has 9 rings (SSSR count). The second-order valence-corrected chi connectivity index (χ2v) is 12.4. The maximum atomic E-state index is 14.4. The van der Waals surface area contributed by atoms with Crippen LogP contribution in [0.25, 0.3) is 33.6 Å². The Bertz CT molecular complexity index is 1660. The van der Waals surface area contributed by atoms with Crippen LogP contribution in [-0.4, -0.2) is 21.7 Å². The van der Waals surface area contributed by atoms with Crippen molar-refractivity contribution < 1.29 is 14.3 Å². The number of hydrogen-bond acceptors (Lipinski definition) is 5. The minimum atomic E-state index is -0.900. The highest BCUT2D eigenvalue weighted by Crippen LogP contribution is 2.62. The molecule has 1 spiro atoms. The average molecular weight is 529 g/mol. The molecule has 200 valence electrons. The van der Waals surface area contributed by atoms with E-state index in [1.807, 2.05) is 48.5 Å². The lowest BCUT2D eigenvalue weighted by molar-refractivity contribution is -0.299. The molecule has 0 unspecified atom stereocenters. The van der Waals surface area contributed by atoms with Gasteiger partial charge >= 0.3 is 5.97 Å². The van der Waals surface area contributed by atoms with E-state index in [4.69, 9.17) is 19.4 Å². The number of aromatic nitrogens is 2. The molecule has 4 aliphatic carbocycles. The Kier molecular flexibility index (Phi) is 5.22. The van der Waals surface area contributed by atoms with Gasteiger partial charge in [-0.25, -0.2) is 14.8 Å². The van der Waals surface area contributed by atoms with E-state index in [1.54, 1.807) is 0 Å². The molecule has 4 saturated carbocycles. The highest BCUT2D eigenvalue weighted by molar-refractivity contribution is 6.25. The Labute approximate surface area is 234 Å². The first-order chi connectivity index (χ1) is 19.5. The first-order valence-corrected chi connectivity index (χ1v) is 14.5. The van der Waals surface area contributed by atoms with E-state index >= 15 is 0 Å². The Morgan fingerprint density at radius 2 is 1.18 bits per heavy atom. The fraction of sp³-hybridized carbons (Fsp3) is 0.343. The summed E-state index contributed by atoms with van der Waals surface area (Å²) in [6, 6.07) is 24.2. The fourth-order valence-electron chi connectivity index (χ4n) is 7.89. The predicted molar refractivity (Wildman–Crippen MR) is 155 cm³/mol. The minimum Gasteiger partial charge on any atom is -0.450 e. The van der Waals surface area contributed by atoms with Gasteiger partial charge in [0, 0.05) is 23.0 Å². The number of ether oxygens (including phenoxy) is 2. The average Bonchev–Trinajstić information content (AvgIpc) is 2.95. The van der Waals surface area contributed by atoms with Crippen molar-refractivity contribution in [1.29, 1.82) is 0 Å². The third kappa shape index (κ3) is 3.63. The third-order valence-corrected chi connectivity index (χ3v) is 9.67. The maximum absolute atomic E-state index is 14.4. The van der Waals surface area contributed by atoms with Gasteiger partial charge in [0.1, 0.15) is 17.0 Å². The molecule has 5 nitrogen and oxygen atoms in total. The van der Waals surface area contributed by atoms with Crippen molar-refractivity contribution in [3.8, 4) is 11.3 Å². The summed E-state index contributed by atoms with van der Waals surface area (Å²) in [6.07, 6.45) is 5.60. The number of hydrogen-bond donors (Lipinski definition) is 0. The minimum absolute atomic E-state index is 0.231. The molecule has 5 heteroatoms. The highest BCUT2D eigenvalue weighted by Gasteiger charge is 2.63. The largest absolute Gasteiger partial charge is 0.450 e. The van der Waals surface area contributed by atoms with Crippen LogP contribution < -0.4 is 0 Å². The molecule has 40 heavy (non-hydrogen) atoms. The second-order valence-electron chi connectivity index (χ2n) is 12.4. The molecule has 5 aliphatic rings. The number of aryl methyl sites for hydroxylation is 2. The van der Waals surface area contributed by atoms with Gasteiger partial charge in [-0.3, -0.25) is 0 Å². The molecule has 4 bridgehead atoms. The molecule has 0 N–H and O–H groups in total. The van der Waals surface area contributed by atoms with E-state index in [-0.39, 0.29) is 17.8 Å². The van der Waals surface area contributed by atoms with Crippen molar-refractivity contribution in [3.05, 3.63) is 95.2 Å². The lowest BCUT2D eigenvalue weighted by Gasteiger charge is -2.60. The van der Waals surface area contributed by atoms with Crippen LogP contribution in [0.3, 0.4) is 0 Å². The van der Waals surface area contributed by atoms with Crippen LogP contribution in [0.2, 0.25) is 0 Å². The van der Waals surface area contributed by atoms with Crippen molar-refractivity contribution >= 4 is 28.3 Å². The van der Waals surface area contributed by atoms with Crippen molar-refractivity contribution in [2.75, 3.05) is 0 Å². The first-order valence-electron chi connectivity index (χ1n) is 14.5. The molecule has 2 heterocycles. The van der Waals surface area contributed by atoms with Crippen LogP contribution in [0.15, 0.2) is 72.8 Å². The summed E-state index contributed by atoms with van der Waals surface area (Å²) in [5.41, 5.74) is 7.10. The number of nitrogens with zero attached hydrogens (tertiary/aromatic N) is 2. The molecule has 0 saturated heterocycles. The number of fused-ring (bicyclic) bond motifs is 1. The molecule has 4 aromatic rings. The molecular formula is C35H32N2O3. The number of rotatable bonds is 3. The Morgan fingerprint density at radius 1 is 0.650 bits per heavy atom. The standard InChI is InChI=1S/C35H32N2O3/c1-20-7-11-24(12-8-20)31-32(37-29-6-4-3-5-28(29)36-31)30-33(25-13-9-21(2)10-14-25)39-35(40-34(30)38)26-16-22-15-23(18-26)19-27(35)17-22/h3-14,22-23,26-27H,15-19H2,1-2H3. The summed E-state index contributed by atoms with van der Waals surface area (Å²) in [7, 11) is 0. The zero-order valence-corrected chi connectivity index (χ0v) is 22.9. The number of esters is 1. The van der Waals surface area contributed by atoms with Crippen LogP contribution in [0, 0.1) is 37.5 Å². The van der Waals surface area contributed by atoms with Gasteiger partial charge in [-0.2, -0.15) is 0 Å². The number of benzene rings is 3. The van der Waals surface area contributed by atoms with Crippen LogP contribution in [0.5, 0.6) is 0 Å². The SMILES string of the molecule is Cc1ccc(C2=C(c3nc4ccccc4nc3-c3ccc(C)cc3)C(=O)OC3(O2)C2CC4CC(C2)CC3C4)cc1. The second kappa shape index (κ2) is 8.76. The first kappa shape index (κ1) is 23.9. The van der Waals surface area contributed by atoms with Gasteiger partial charge in [0.2, 0.25) is 0 Å². The zero-order valence-electron chi connectivity index (χ0n) is 22.9. The van der Waals surface area contributed by atoms with Gasteiger partial charge in [-0.05, 0) is 69.9 Å². The topological polar surface area (TPSA) is 61.3 Å². The summed E-state index contributed by atoms with van der Waals surface area (Å²) >= 11 is 0. The Hall–Kier alpha value is -3.99. The Balaban J connectivity index is 1.37. The third-order valence-electron chi connectivity index (χ3n) is 9.67. The van der Waals surface area contributed by atoms with E-state index in [9.17, 15) is 4.79 Å². The summed E-state index contributed by atoms with van der Waals surface area (Å²) in [4.78, 5) is 24.5. The van der Waals surface area contributed by atoms with Gasteiger partial charge in [0.05, 0.1) is 16.7 Å². The summed E-state index contributed by atoms with van der Waals surface area (Å²) < 4.78 is 13.6. The van der Waals surface area contributed by atoms with Crippen LogP contribution in [0.1, 0.15) is 54.5 Å². The molecule has 0 atom stereocenters. The van der Waals surface area contributed by atoms with Crippen molar-refractivity contribution in [1.82, 2.24) is 9.97 Å². The van der Waals surface area contributed by atoms with Gasteiger partial charge < -0.3 is 9.47 Å². The fourth-order valence-corrected chi connectivity index (χ4v) is 7.89. The van der Waals surface area contributed by atoms with Gasteiger partial charge in [0.15, 0.2) is 0 Å². The zero-order chi connectivity index (χ0) is 27.0. The number of carbonyl (C=O) groups is 1. The molecule has 4 fully saturated rings. The van der Waals surface area contributed by atoms with Crippen LogP contribution >= 0.6 is 0 Å². The smallest absolute Gasteiger partial charge is 0.347 e. The van der Waals surface area contributed by atoms with Gasteiger partial charge in [-0.15, -0.1) is 0 Å². The maximum Gasteiger partial charge on any atom is 0.347 e. The van der Waals surface area contributed by atoms with Gasteiger partial charge in [-0.1, -0.05) is 71.8 Å². The summed E-state index contributed by atoms with van der Waals surface area (Å²) in [5.74, 6) is 1.23. The van der Waals surface area contributed by atoms with E-state index in [1.165, 1.54) is 6.42 Å². The monoisotopic (exact) mass is 528 g/mol. The normalized spacial score (nSPS) is 28.7. The lowest BCUT2D eigenvalue weighted by Crippen LogP contribution is -2.62. The molecule has 0 amide bonds. The van der Waals surface area contributed by atoms with E-state index in [2.05, 4.69) is 38.1 Å². The molecular weight excluding hydrogens is 496 g/mol. The number of para-hydroxylation sites is 2. The highest BCUT2D eigenvalue weighted by atomic mass is 16.7. The predicted octanol–water partition coefficient (Wildman–Crippen LogP) is 7.51. The molecule has 1 aromatic heterocycles. The lowest BCUT2D eigenvalue weighted by atomic mass is 9.53. The van der Waals surface area contributed by atoms with Crippen molar-refractivity contribution in [3.63, 3.8) is 0 Å². The van der Waals surface area contributed by atoms with E-state index < -0.39 is 5.79 Å². The molecule has 1 aliphatic heterocycles.